The van der Waals surface area contributed by atoms with Gasteiger partial charge in [-0.3, -0.25) is 0 Å². The van der Waals surface area contributed by atoms with Gasteiger partial charge in [-0.25, -0.2) is 14.4 Å². The molecule has 2 N–H and O–H groups in total. The summed E-state index contributed by atoms with van der Waals surface area (Å²) in [6.45, 7) is 5.97. The summed E-state index contributed by atoms with van der Waals surface area (Å²) in [6.07, 6.45) is 3.82. The van der Waals surface area contributed by atoms with Gasteiger partial charge in [0.25, 0.3) is 0 Å². The molecule has 0 amide bonds. The second-order valence-electron chi connectivity index (χ2n) is 5.04. The summed E-state index contributed by atoms with van der Waals surface area (Å²) in [7, 11) is 0. The second kappa shape index (κ2) is 9.25. The van der Waals surface area contributed by atoms with E-state index in [1.807, 2.05) is 19.2 Å². The van der Waals surface area contributed by atoms with Crippen LogP contribution in [0.2, 0.25) is 0 Å². The Kier molecular flexibility index (Phi) is 7.00. The fourth-order valence-electron chi connectivity index (χ4n) is 2.05. The molecule has 0 aliphatic carbocycles. The van der Waals surface area contributed by atoms with E-state index >= 15 is 0 Å². The fourth-order valence-corrected chi connectivity index (χ4v) is 2.91. The van der Waals surface area contributed by atoms with Crippen LogP contribution in [0.1, 0.15) is 29.3 Å². The molecule has 0 saturated carbocycles. The molecule has 0 bridgehead atoms. The highest BCUT2D eigenvalue weighted by Crippen LogP contribution is 2.13. The van der Waals surface area contributed by atoms with Crippen LogP contribution in [0.4, 0.5) is 4.39 Å². The highest BCUT2D eigenvalue weighted by Gasteiger charge is 2.03. The second-order valence-corrected chi connectivity index (χ2v) is 6.24. The van der Waals surface area contributed by atoms with Gasteiger partial charge < -0.3 is 10.6 Å². The van der Waals surface area contributed by atoms with Crippen molar-refractivity contribution in [3.05, 3.63) is 51.7 Å². The minimum Gasteiger partial charge on any atom is -0.357 e. The van der Waals surface area contributed by atoms with Crippen LogP contribution in [0.15, 0.2) is 35.5 Å². The van der Waals surface area contributed by atoms with Crippen molar-refractivity contribution in [1.29, 1.82) is 0 Å². The smallest absolute Gasteiger partial charge is 0.191 e. The zero-order valence-corrected chi connectivity index (χ0v) is 14.4. The summed E-state index contributed by atoms with van der Waals surface area (Å²) >= 11 is 1.75. The molecule has 2 aromatic rings. The number of aryl methyl sites for hydroxylation is 1. The summed E-state index contributed by atoms with van der Waals surface area (Å²) in [5, 5.41) is 7.57. The number of rotatable bonds is 7. The van der Waals surface area contributed by atoms with Gasteiger partial charge in [0.1, 0.15) is 5.82 Å². The van der Waals surface area contributed by atoms with Crippen molar-refractivity contribution in [3.63, 3.8) is 0 Å². The maximum atomic E-state index is 13.6. The minimum atomic E-state index is -0.220. The number of hydrogen-bond acceptors (Lipinski definition) is 3. The standard InChI is InChI=1S/C17H23FN4S/c1-3-14-12-21-16(23-14)9-10-20-17(19-4-2)22-11-13-7-5-6-8-15(13)18/h5-8,12H,3-4,9-11H2,1-2H3,(H2,19,20,22). The number of aromatic nitrogens is 1. The summed E-state index contributed by atoms with van der Waals surface area (Å²) < 4.78 is 13.6. The first-order chi connectivity index (χ1) is 11.2. The van der Waals surface area contributed by atoms with E-state index in [1.54, 1.807) is 23.5 Å². The van der Waals surface area contributed by atoms with E-state index in [4.69, 9.17) is 0 Å². The Morgan fingerprint density at radius 2 is 2.09 bits per heavy atom. The van der Waals surface area contributed by atoms with Gasteiger partial charge in [-0.05, 0) is 19.4 Å². The van der Waals surface area contributed by atoms with Crippen molar-refractivity contribution in [1.82, 2.24) is 15.6 Å². The van der Waals surface area contributed by atoms with E-state index in [9.17, 15) is 4.39 Å². The number of hydrogen-bond donors (Lipinski definition) is 2. The van der Waals surface area contributed by atoms with Crippen LogP contribution >= 0.6 is 11.3 Å². The first-order valence-electron chi connectivity index (χ1n) is 7.92. The van der Waals surface area contributed by atoms with Gasteiger partial charge >= 0.3 is 0 Å². The molecule has 0 fully saturated rings. The van der Waals surface area contributed by atoms with E-state index in [-0.39, 0.29) is 5.82 Å². The van der Waals surface area contributed by atoms with E-state index in [2.05, 4.69) is 27.5 Å². The molecule has 2 rings (SSSR count). The Bertz CT molecular complexity index is 639. The summed E-state index contributed by atoms with van der Waals surface area (Å²) in [6, 6.07) is 6.72. The SMILES string of the molecule is CCNC(=NCc1ccccc1F)NCCc1ncc(CC)s1. The Morgan fingerprint density at radius 3 is 2.78 bits per heavy atom. The van der Waals surface area contributed by atoms with Crippen LogP contribution in [0.25, 0.3) is 0 Å². The maximum absolute atomic E-state index is 13.6. The van der Waals surface area contributed by atoms with Crippen molar-refractivity contribution < 1.29 is 4.39 Å². The van der Waals surface area contributed by atoms with Gasteiger partial charge in [0.15, 0.2) is 5.96 Å². The number of guanidine groups is 1. The Hall–Kier alpha value is -1.95. The number of thiazole rings is 1. The highest BCUT2D eigenvalue weighted by molar-refractivity contribution is 7.11. The summed E-state index contributed by atoms with van der Waals surface area (Å²) in [4.78, 5) is 10.1. The van der Waals surface area contributed by atoms with Crippen LogP contribution in [0.5, 0.6) is 0 Å². The van der Waals surface area contributed by atoms with Crippen molar-refractivity contribution >= 4 is 17.3 Å². The Balaban J connectivity index is 1.87. The molecule has 0 unspecified atom stereocenters. The highest BCUT2D eigenvalue weighted by atomic mass is 32.1. The zero-order chi connectivity index (χ0) is 16.5. The normalized spacial score (nSPS) is 11.5. The summed E-state index contributed by atoms with van der Waals surface area (Å²) in [5.74, 6) is 0.477. The molecule has 0 aliphatic heterocycles. The lowest BCUT2D eigenvalue weighted by Gasteiger charge is -2.10. The first-order valence-corrected chi connectivity index (χ1v) is 8.73. The van der Waals surface area contributed by atoms with Crippen molar-refractivity contribution in [2.75, 3.05) is 13.1 Å². The Morgan fingerprint density at radius 1 is 1.26 bits per heavy atom. The lowest BCUT2D eigenvalue weighted by Crippen LogP contribution is -2.38. The molecule has 0 atom stereocenters. The van der Waals surface area contributed by atoms with E-state index in [0.29, 0.717) is 18.1 Å². The average Bonchev–Trinajstić information content (AvgIpc) is 3.02. The molecule has 1 heterocycles. The average molecular weight is 334 g/mol. The first kappa shape index (κ1) is 17.4. The lowest BCUT2D eigenvalue weighted by atomic mass is 10.2. The largest absolute Gasteiger partial charge is 0.357 e. The van der Waals surface area contributed by atoms with E-state index in [0.717, 1.165) is 30.9 Å². The molecular weight excluding hydrogens is 311 g/mol. The van der Waals surface area contributed by atoms with Crippen molar-refractivity contribution in [2.24, 2.45) is 4.99 Å². The third-order valence-corrected chi connectivity index (χ3v) is 4.49. The van der Waals surface area contributed by atoms with Gasteiger partial charge in [-0.2, -0.15) is 0 Å². The molecule has 0 spiro atoms. The number of halogens is 1. The topological polar surface area (TPSA) is 49.3 Å². The van der Waals surface area contributed by atoms with Crippen LogP contribution in [0, 0.1) is 5.82 Å². The van der Waals surface area contributed by atoms with Crippen LogP contribution in [-0.2, 0) is 19.4 Å². The number of nitrogens with zero attached hydrogens (tertiary/aromatic N) is 2. The third kappa shape index (κ3) is 5.63. The molecule has 6 heteroatoms. The number of aliphatic imine (C=N–C) groups is 1. The van der Waals surface area contributed by atoms with E-state index < -0.39 is 0 Å². The lowest BCUT2D eigenvalue weighted by molar-refractivity contribution is 0.610. The van der Waals surface area contributed by atoms with E-state index in [1.165, 1.54) is 10.9 Å². The van der Waals surface area contributed by atoms with Gasteiger partial charge in [-0.15, -0.1) is 11.3 Å². The van der Waals surface area contributed by atoms with Gasteiger partial charge in [-0.1, -0.05) is 25.1 Å². The van der Waals surface area contributed by atoms with Crippen LogP contribution < -0.4 is 10.6 Å². The predicted molar refractivity (Wildman–Crippen MR) is 94.4 cm³/mol. The van der Waals surface area contributed by atoms with Crippen molar-refractivity contribution in [2.45, 2.75) is 33.2 Å². The molecule has 124 valence electrons. The molecule has 0 saturated heterocycles. The Labute approximate surface area is 140 Å². The minimum absolute atomic E-state index is 0.220. The molecular formula is C17H23FN4S. The molecule has 1 aromatic carbocycles. The van der Waals surface area contributed by atoms with Gasteiger partial charge in [0.2, 0.25) is 0 Å². The molecule has 23 heavy (non-hydrogen) atoms. The monoisotopic (exact) mass is 334 g/mol. The van der Waals surface area contributed by atoms with Crippen molar-refractivity contribution in [3.8, 4) is 0 Å². The molecule has 0 radical (unpaired) electrons. The number of benzene rings is 1. The van der Waals surface area contributed by atoms with Crippen LogP contribution in [-0.4, -0.2) is 24.0 Å². The number of nitrogens with one attached hydrogen (secondary N) is 2. The van der Waals surface area contributed by atoms with Gasteiger partial charge in [0, 0.05) is 36.1 Å². The fraction of sp³-hybridized carbons (Fsp3) is 0.412. The third-order valence-electron chi connectivity index (χ3n) is 3.29. The molecule has 1 aromatic heterocycles. The molecule has 4 nitrogen and oxygen atoms in total. The quantitative estimate of drug-likeness (QED) is 0.604. The summed E-state index contributed by atoms with van der Waals surface area (Å²) in [5.41, 5.74) is 0.595. The van der Waals surface area contributed by atoms with Crippen LogP contribution in [0.3, 0.4) is 0 Å². The zero-order valence-electron chi connectivity index (χ0n) is 13.6. The maximum Gasteiger partial charge on any atom is 0.191 e. The van der Waals surface area contributed by atoms with Gasteiger partial charge in [0.05, 0.1) is 11.6 Å². The molecule has 0 aliphatic rings. The predicted octanol–water partition coefficient (Wildman–Crippen LogP) is 3.14.